The molecule has 0 bridgehead atoms. The molecule has 5 amide bonds. The number of piperidine rings is 1. The second-order valence-corrected chi connectivity index (χ2v) is 24.0. The summed E-state index contributed by atoms with van der Waals surface area (Å²) in [6.07, 6.45) is 2.30. The van der Waals surface area contributed by atoms with Gasteiger partial charge >= 0.3 is 24.1 Å². The molecule has 450 valence electrons. The second-order valence-electron chi connectivity index (χ2n) is 23.1. The van der Waals surface area contributed by atoms with Gasteiger partial charge in [-0.1, -0.05) is 121 Å². The van der Waals surface area contributed by atoms with Crippen LogP contribution in [0.15, 0.2) is 78.2 Å². The molecule has 0 saturated carbocycles. The van der Waals surface area contributed by atoms with E-state index in [0.717, 1.165) is 53.6 Å². The monoisotopic (exact) mass is 1160 g/mol. The van der Waals surface area contributed by atoms with E-state index in [4.69, 9.17) is 24.9 Å². The number of benzene rings is 3. The number of thiazole rings is 1. The zero-order valence-electron chi connectivity index (χ0n) is 50.1. The molecule has 3 aromatic carbocycles. The number of ether oxygens (including phenoxy) is 3. The molecule has 9 atom stereocenters. The van der Waals surface area contributed by atoms with E-state index in [2.05, 4.69) is 27.8 Å². The fraction of sp³-hybridized carbons (Fsp3) is 0.547. The Labute approximate surface area is 493 Å². The molecule has 1 aromatic heterocycles. The van der Waals surface area contributed by atoms with Crippen molar-refractivity contribution in [2.45, 2.75) is 156 Å². The summed E-state index contributed by atoms with van der Waals surface area (Å²) in [4.78, 5) is 116. The number of rotatable bonds is 30. The van der Waals surface area contributed by atoms with E-state index in [-0.39, 0.29) is 92.2 Å². The van der Waals surface area contributed by atoms with E-state index in [1.165, 1.54) is 25.4 Å². The number of Topliss-reactive ketones (excluding diaryl/α,β-unsaturated/α-hetero) is 2. The maximum absolute atomic E-state index is 14.8. The largest absolute Gasteiger partial charge is 0.469 e. The van der Waals surface area contributed by atoms with Gasteiger partial charge in [0.1, 0.15) is 17.3 Å². The molecule has 6 rings (SSSR count). The highest BCUT2D eigenvalue weighted by Crippen LogP contribution is 2.44. The van der Waals surface area contributed by atoms with Gasteiger partial charge in [-0.3, -0.25) is 33.7 Å². The van der Waals surface area contributed by atoms with E-state index < -0.39 is 66.0 Å². The number of amides is 5. The van der Waals surface area contributed by atoms with Gasteiger partial charge in [-0.05, 0) is 110 Å². The third kappa shape index (κ3) is 18.0. The fourth-order valence-corrected chi connectivity index (χ4v) is 12.5. The minimum atomic E-state index is -0.935. The van der Waals surface area contributed by atoms with Crippen LogP contribution < -0.4 is 21.7 Å². The van der Waals surface area contributed by atoms with Crippen LogP contribution in [-0.4, -0.2) is 127 Å². The number of nitrogens with zero attached hydrogens (tertiary/aromatic N) is 3. The number of hydrogen-bond donors (Lipinski definition) is 4. The molecule has 19 heteroatoms. The maximum atomic E-state index is 14.8. The highest BCUT2D eigenvalue weighted by atomic mass is 32.1. The van der Waals surface area contributed by atoms with Crippen molar-refractivity contribution in [3.05, 3.63) is 111 Å². The number of hydrogen-bond acceptors (Lipinski definition) is 14. The van der Waals surface area contributed by atoms with Gasteiger partial charge < -0.3 is 40.8 Å². The van der Waals surface area contributed by atoms with Gasteiger partial charge in [0.15, 0.2) is 17.7 Å². The smallest absolute Gasteiger partial charge is 0.407 e. The molecule has 0 radical (unpaired) electrons. The lowest BCUT2D eigenvalue weighted by atomic mass is 9.81. The predicted molar refractivity (Wildman–Crippen MR) is 319 cm³/mol. The number of carbonyl (C=O) groups excluding carboxylic acids is 8. The Hall–Kier alpha value is -6.99. The third-order valence-corrected chi connectivity index (χ3v) is 17.6. The SMILES string of the molecule is CC[C@H](C)[C@H](CC(=O)[C@H]1C[C@H](C)CCN1C)C(=O)N(CC)[C@H](C[C@@H](OC(C)=O)c1nc(C(=O)N[C@@H](Cc2ccc(CC(=O)[C@H](CCCNC(N)=O)NC(=O)OCC3c4ccccc4-c4ccccc43)cc2)C[C@H](C)C(=O)OC)cs1)C(C)C. The fourth-order valence-electron chi connectivity index (χ4n) is 11.7. The average molecular weight is 1160 g/mol. The molecular weight excluding hydrogens is 1070 g/mol. The number of nitrogens with one attached hydrogen (secondary N) is 3. The lowest BCUT2D eigenvalue weighted by Crippen LogP contribution is -2.50. The Morgan fingerprint density at radius 2 is 1.53 bits per heavy atom. The molecule has 1 fully saturated rings. The first-order chi connectivity index (χ1) is 39.6. The van der Waals surface area contributed by atoms with Gasteiger partial charge in [0.25, 0.3) is 5.91 Å². The molecule has 1 aliphatic heterocycles. The van der Waals surface area contributed by atoms with Crippen molar-refractivity contribution in [1.82, 2.24) is 30.7 Å². The lowest BCUT2D eigenvalue weighted by Gasteiger charge is -2.39. The number of nitrogens with two attached hydrogens (primary N) is 1. The number of carbonyl (C=O) groups is 8. The van der Waals surface area contributed by atoms with E-state index >= 15 is 0 Å². The van der Waals surface area contributed by atoms with E-state index in [1.807, 2.05) is 107 Å². The van der Waals surface area contributed by atoms with Gasteiger partial charge in [-0.25, -0.2) is 14.6 Å². The van der Waals surface area contributed by atoms with Crippen LogP contribution in [0.5, 0.6) is 0 Å². The summed E-state index contributed by atoms with van der Waals surface area (Å²) >= 11 is 1.17. The number of fused-ring (bicyclic) bond motifs is 3. The van der Waals surface area contributed by atoms with Crippen LogP contribution >= 0.6 is 11.3 Å². The zero-order valence-corrected chi connectivity index (χ0v) is 50.9. The molecule has 5 N–H and O–H groups in total. The van der Waals surface area contributed by atoms with Crippen LogP contribution in [0.2, 0.25) is 0 Å². The normalized spacial score (nSPS) is 17.5. The Morgan fingerprint density at radius 1 is 0.880 bits per heavy atom. The maximum Gasteiger partial charge on any atom is 0.407 e. The number of likely N-dealkylation sites (N-methyl/N-ethyl adjacent to an activating group) is 1. The average Bonchev–Trinajstić information content (AvgIpc) is 3.67. The minimum Gasteiger partial charge on any atom is -0.469 e. The number of ketones is 2. The van der Waals surface area contributed by atoms with Crippen molar-refractivity contribution < 1.29 is 52.6 Å². The number of aromatic nitrogens is 1. The molecule has 1 saturated heterocycles. The highest BCUT2D eigenvalue weighted by Gasteiger charge is 2.40. The Balaban J connectivity index is 1.13. The van der Waals surface area contributed by atoms with Gasteiger partial charge in [0, 0.05) is 68.6 Å². The number of esters is 2. The molecular formula is C64H87N7O11S. The van der Waals surface area contributed by atoms with Crippen molar-refractivity contribution in [2.75, 3.05) is 40.4 Å². The predicted octanol–water partition coefficient (Wildman–Crippen LogP) is 9.37. The van der Waals surface area contributed by atoms with E-state index in [1.54, 1.807) is 24.4 Å². The second kappa shape index (κ2) is 31.1. The highest BCUT2D eigenvalue weighted by molar-refractivity contribution is 7.09. The molecule has 18 nitrogen and oxygen atoms in total. The van der Waals surface area contributed by atoms with Crippen molar-refractivity contribution >= 4 is 58.8 Å². The van der Waals surface area contributed by atoms with Gasteiger partial charge in [0.2, 0.25) is 5.91 Å². The number of likely N-dealkylation sites (tertiary alicyclic amines) is 1. The summed E-state index contributed by atoms with van der Waals surface area (Å²) in [5, 5.41) is 10.4. The molecule has 4 aromatic rings. The van der Waals surface area contributed by atoms with Crippen LogP contribution in [0.1, 0.15) is 157 Å². The molecule has 2 heterocycles. The number of methoxy groups -OCH3 is 1. The van der Waals surface area contributed by atoms with Crippen molar-refractivity contribution in [3.63, 3.8) is 0 Å². The first-order valence-corrected chi connectivity index (χ1v) is 30.3. The Bertz CT molecular complexity index is 2830. The molecule has 83 heavy (non-hydrogen) atoms. The summed E-state index contributed by atoms with van der Waals surface area (Å²) < 4.78 is 16.8. The number of urea groups is 1. The van der Waals surface area contributed by atoms with E-state index in [0.29, 0.717) is 35.9 Å². The molecule has 0 spiro atoms. The van der Waals surface area contributed by atoms with Gasteiger partial charge in [-0.15, -0.1) is 11.3 Å². The first-order valence-electron chi connectivity index (χ1n) is 29.4. The molecule has 2 aliphatic rings. The van der Waals surface area contributed by atoms with Crippen LogP contribution in [0.25, 0.3) is 11.1 Å². The summed E-state index contributed by atoms with van der Waals surface area (Å²) in [6, 6.07) is 20.4. The molecule has 0 unspecified atom stereocenters. The topological polar surface area (TPSA) is 246 Å². The summed E-state index contributed by atoms with van der Waals surface area (Å²) in [7, 11) is 3.29. The standard InChI is InChI=1S/C64H87N7O11S/c1-11-40(6)50(34-57(74)55-30-39(5)27-29-70(55)9)61(76)71(12-2)54(38(3)4)35-58(82-42(8)72)60-68-53(37-83-60)59(75)67-45(31-41(7)62(77)80-10)32-43-23-25-44(26-24-43)33-56(73)52(22-17-28-66-63(65)78)69-64(79)81-36-51-48-20-15-13-18-46(48)47-19-14-16-21-49(47)51/h13-16,18-21,23-26,37-41,45,50-52,54-55,58H,11-12,17,22,27-36H2,1-10H3,(H,67,75)(H,69,79)(H3,65,66,78)/t39-,40+,41+,45-,50+,52+,54-,55-,58-/m1/s1. The van der Waals surface area contributed by atoms with Gasteiger partial charge in [-0.2, -0.15) is 0 Å². The Kier molecular flexibility index (Phi) is 24.4. The Morgan fingerprint density at radius 3 is 2.13 bits per heavy atom. The minimum absolute atomic E-state index is 0.0278. The third-order valence-electron chi connectivity index (χ3n) is 16.6. The van der Waals surface area contributed by atoms with Crippen molar-refractivity contribution in [1.29, 1.82) is 0 Å². The number of alkyl carbamates (subject to hydrolysis) is 1. The summed E-state index contributed by atoms with van der Waals surface area (Å²) in [5.74, 6) is -2.79. The van der Waals surface area contributed by atoms with Crippen LogP contribution in [0.3, 0.4) is 0 Å². The summed E-state index contributed by atoms with van der Waals surface area (Å²) in [6.45, 7) is 16.7. The van der Waals surface area contributed by atoms with Crippen molar-refractivity contribution in [3.8, 4) is 11.1 Å². The molecule has 1 aliphatic carbocycles. The number of primary amides is 1. The quantitative estimate of drug-likeness (QED) is 0.0216. The van der Waals surface area contributed by atoms with E-state index in [9.17, 15) is 38.4 Å². The van der Waals surface area contributed by atoms with Crippen LogP contribution in [0.4, 0.5) is 9.59 Å². The van der Waals surface area contributed by atoms with Crippen molar-refractivity contribution in [2.24, 2.45) is 35.3 Å². The zero-order chi connectivity index (χ0) is 60.5. The van der Waals surface area contributed by atoms with Gasteiger partial charge in [0.05, 0.1) is 25.1 Å². The van der Waals surface area contributed by atoms with Crippen LogP contribution in [0, 0.1) is 29.6 Å². The van der Waals surface area contributed by atoms with Crippen LogP contribution in [-0.2, 0) is 51.0 Å². The lowest BCUT2D eigenvalue weighted by molar-refractivity contribution is -0.150. The first kappa shape index (κ1) is 65.2. The summed E-state index contributed by atoms with van der Waals surface area (Å²) in [5.41, 5.74) is 11.1.